The third-order valence-corrected chi connectivity index (χ3v) is 3.63. The summed E-state index contributed by atoms with van der Waals surface area (Å²) in [6, 6.07) is 10.3. The predicted octanol–water partition coefficient (Wildman–Crippen LogP) is 3.86. The zero-order valence-corrected chi connectivity index (χ0v) is 12.3. The molecule has 0 unspecified atom stereocenters. The molecule has 21 heavy (non-hydrogen) atoms. The van der Waals surface area contributed by atoms with Gasteiger partial charge in [0.05, 0.1) is 5.69 Å². The van der Waals surface area contributed by atoms with Gasteiger partial charge in [0.15, 0.2) is 0 Å². The minimum absolute atomic E-state index is 0.255. The molecule has 0 atom stereocenters. The molecule has 1 heterocycles. The Bertz CT molecular complexity index is 635. The lowest BCUT2D eigenvalue weighted by Gasteiger charge is -2.11. The number of aromatic nitrogens is 1. The van der Waals surface area contributed by atoms with Crippen molar-refractivity contribution in [3.63, 3.8) is 0 Å². The van der Waals surface area contributed by atoms with E-state index in [2.05, 4.69) is 13.0 Å². The Morgan fingerprint density at radius 3 is 2.57 bits per heavy atom. The van der Waals surface area contributed by atoms with Crippen molar-refractivity contribution in [2.75, 3.05) is 5.73 Å². The number of nitrogens with two attached hydrogens (primary N) is 1. The quantitative estimate of drug-likeness (QED) is 0.819. The van der Waals surface area contributed by atoms with Crippen LogP contribution in [0.5, 0.6) is 0 Å². The Hall–Kier alpha value is -2.28. The molecule has 0 bridgehead atoms. The molecule has 0 saturated heterocycles. The summed E-state index contributed by atoms with van der Waals surface area (Å²) in [5.41, 5.74) is 9.24. The summed E-state index contributed by atoms with van der Waals surface area (Å²) in [6.07, 6.45) is 4.20. The molecule has 4 heteroatoms. The SMILES string of the molecule is CCCCCc1c(N)cc(C#N)n1Cc1ccc(F)cc1. The van der Waals surface area contributed by atoms with E-state index >= 15 is 0 Å². The molecule has 0 amide bonds. The van der Waals surface area contributed by atoms with E-state index in [4.69, 9.17) is 5.73 Å². The van der Waals surface area contributed by atoms with Crippen molar-refractivity contribution < 1.29 is 4.39 Å². The van der Waals surface area contributed by atoms with Crippen molar-refractivity contribution in [3.8, 4) is 6.07 Å². The molecule has 0 aliphatic rings. The van der Waals surface area contributed by atoms with Gasteiger partial charge in [-0.05, 0) is 36.6 Å². The number of halogens is 1. The van der Waals surface area contributed by atoms with Gasteiger partial charge in [-0.2, -0.15) is 5.26 Å². The molecule has 0 spiro atoms. The Morgan fingerprint density at radius 2 is 1.95 bits per heavy atom. The molecule has 0 aliphatic heterocycles. The smallest absolute Gasteiger partial charge is 0.123 e. The lowest BCUT2D eigenvalue weighted by molar-refractivity contribution is 0.625. The third kappa shape index (κ3) is 3.63. The molecule has 2 aromatic rings. The van der Waals surface area contributed by atoms with Crippen molar-refractivity contribution in [2.24, 2.45) is 0 Å². The summed E-state index contributed by atoms with van der Waals surface area (Å²) in [7, 11) is 0. The van der Waals surface area contributed by atoms with Gasteiger partial charge in [-0.3, -0.25) is 0 Å². The van der Waals surface area contributed by atoms with Crippen LogP contribution < -0.4 is 5.73 Å². The highest BCUT2D eigenvalue weighted by molar-refractivity contribution is 5.51. The maximum absolute atomic E-state index is 13.0. The molecule has 0 radical (unpaired) electrons. The molecule has 2 N–H and O–H groups in total. The number of nitrogen functional groups attached to an aromatic ring is 1. The number of hydrogen-bond donors (Lipinski definition) is 1. The third-order valence-electron chi connectivity index (χ3n) is 3.63. The van der Waals surface area contributed by atoms with E-state index in [1.807, 2.05) is 4.57 Å². The second kappa shape index (κ2) is 6.94. The van der Waals surface area contributed by atoms with Crippen molar-refractivity contribution >= 4 is 5.69 Å². The summed E-state index contributed by atoms with van der Waals surface area (Å²) in [6.45, 7) is 2.70. The van der Waals surface area contributed by atoms with E-state index in [0.29, 0.717) is 17.9 Å². The van der Waals surface area contributed by atoms with E-state index in [1.54, 1.807) is 18.2 Å². The first-order valence-electron chi connectivity index (χ1n) is 7.28. The van der Waals surface area contributed by atoms with Crippen LogP contribution in [0, 0.1) is 17.1 Å². The van der Waals surface area contributed by atoms with Crippen LogP contribution in [0.15, 0.2) is 30.3 Å². The topological polar surface area (TPSA) is 54.7 Å². The van der Waals surface area contributed by atoms with Gasteiger partial charge in [0.2, 0.25) is 0 Å². The lowest BCUT2D eigenvalue weighted by atomic mass is 10.1. The van der Waals surface area contributed by atoms with Crippen molar-refractivity contribution in [3.05, 3.63) is 53.1 Å². The average Bonchev–Trinajstić information content (AvgIpc) is 2.78. The molecule has 0 saturated carbocycles. The Kier molecular flexibility index (Phi) is 4.99. The molecule has 110 valence electrons. The van der Waals surface area contributed by atoms with Crippen LogP contribution in [0.25, 0.3) is 0 Å². The molecule has 0 aliphatic carbocycles. The average molecular weight is 285 g/mol. The number of nitriles is 1. The second-order valence-electron chi connectivity index (χ2n) is 5.21. The minimum atomic E-state index is -0.255. The Balaban J connectivity index is 2.27. The standard InChI is InChI=1S/C17H20FN3/c1-2-3-4-5-17-16(20)10-15(11-19)21(17)12-13-6-8-14(18)9-7-13/h6-10H,2-5,12,20H2,1H3. The fourth-order valence-electron chi connectivity index (χ4n) is 2.48. The van der Waals surface area contributed by atoms with Crippen LogP contribution in [0.1, 0.15) is 43.1 Å². The maximum Gasteiger partial charge on any atom is 0.123 e. The fourth-order valence-corrected chi connectivity index (χ4v) is 2.48. The minimum Gasteiger partial charge on any atom is -0.397 e. The molecule has 3 nitrogen and oxygen atoms in total. The van der Waals surface area contributed by atoms with Crippen LogP contribution >= 0.6 is 0 Å². The number of unbranched alkanes of at least 4 members (excludes halogenated alkanes) is 2. The number of benzene rings is 1. The first-order chi connectivity index (χ1) is 10.2. The highest BCUT2D eigenvalue weighted by Crippen LogP contribution is 2.22. The van der Waals surface area contributed by atoms with Crippen LogP contribution in [-0.4, -0.2) is 4.57 Å². The van der Waals surface area contributed by atoms with Gasteiger partial charge in [-0.25, -0.2) is 4.39 Å². The fraction of sp³-hybridized carbons (Fsp3) is 0.353. The van der Waals surface area contributed by atoms with Gasteiger partial charge in [0.25, 0.3) is 0 Å². The number of rotatable bonds is 6. The van der Waals surface area contributed by atoms with Crippen LogP contribution in [-0.2, 0) is 13.0 Å². The molecule has 2 rings (SSSR count). The first kappa shape index (κ1) is 15.1. The van der Waals surface area contributed by atoms with E-state index in [1.165, 1.54) is 12.1 Å². The van der Waals surface area contributed by atoms with Crippen molar-refractivity contribution in [2.45, 2.75) is 39.2 Å². The summed E-state index contributed by atoms with van der Waals surface area (Å²) in [4.78, 5) is 0. The molecule has 1 aromatic carbocycles. The predicted molar refractivity (Wildman–Crippen MR) is 82.3 cm³/mol. The van der Waals surface area contributed by atoms with Crippen molar-refractivity contribution in [1.82, 2.24) is 4.57 Å². The van der Waals surface area contributed by atoms with Crippen LogP contribution in [0.4, 0.5) is 10.1 Å². The zero-order valence-electron chi connectivity index (χ0n) is 12.3. The van der Waals surface area contributed by atoms with Crippen molar-refractivity contribution in [1.29, 1.82) is 5.26 Å². The highest BCUT2D eigenvalue weighted by Gasteiger charge is 2.13. The number of anilines is 1. The largest absolute Gasteiger partial charge is 0.397 e. The maximum atomic E-state index is 13.0. The van der Waals surface area contributed by atoms with E-state index in [9.17, 15) is 9.65 Å². The summed E-state index contributed by atoms with van der Waals surface area (Å²) in [5.74, 6) is -0.255. The van der Waals surface area contributed by atoms with Gasteiger partial charge in [0, 0.05) is 12.2 Å². The van der Waals surface area contributed by atoms with Crippen LogP contribution in [0.3, 0.4) is 0 Å². The molecular weight excluding hydrogens is 265 g/mol. The van der Waals surface area contributed by atoms with Gasteiger partial charge in [0.1, 0.15) is 17.6 Å². The summed E-state index contributed by atoms with van der Waals surface area (Å²) >= 11 is 0. The second-order valence-corrected chi connectivity index (χ2v) is 5.21. The van der Waals surface area contributed by atoms with Crippen LogP contribution in [0.2, 0.25) is 0 Å². The van der Waals surface area contributed by atoms with Gasteiger partial charge in [-0.15, -0.1) is 0 Å². The Labute approximate surface area is 124 Å². The van der Waals surface area contributed by atoms with Gasteiger partial charge < -0.3 is 10.3 Å². The van der Waals surface area contributed by atoms with E-state index in [0.717, 1.165) is 36.9 Å². The monoisotopic (exact) mass is 285 g/mol. The van der Waals surface area contributed by atoms with Gasteiger partial charge in [-0.1, -0.05) is 31.9 Å². The molecular formula is C17H20FN3. The van der Waals surface area contributed by atoms with E-state index < -0.39 is 0 Å². The normalized spacial score (nSPS) is 10.5. The lowest BCUT2D eigenvalue weighted by Crippen LogP contribution is -2.08. The highest BCUT2D eigenvalue weighted by atomic mass is 19.1. The van der Waals surface area contributed by atoms with Gasteiger partial charge >= 0.3 is 0 Å². The summed E-state index contributed by atoms with van der Waals surface area (Å²) < 4.78 is 14.9. The molecule has 1 aromatic heterocycles. The Morgan fingerprint density at radius 1 is 1.24 bits per heavy atom. The molecule has 0 fully saturated rings. The summed E-state index contributed by atoms with van der Waals surface area (Å²) in [5, 5.41) is 9.26. The van der Waals surface area contributed by atoms with E-state index in [-0.39, 0.29) is 5.82 Å². The first-order valence-corrected chi connectivity index (χ1v) is 7.28. The number of nitrogens with zero attached hydrogens (tertiary/aromatic N) is 2. The zero-order chi connectivity index (χ0) is 15.2. The number of hydrogen-bond acceptors (Lipinski definition) is 2.